The van der Waals surface area contributed by atoms with Gasteiger partial charge in [0.25, 0.3) is 0 Å². The minimum absolute atomic E-state index is 0.0770. The number of hydrogen-bond acceptors (Lipinski definition) is 8. The molecule has 11 heteroatoms. The first-order valence-electron chi connectivity index (χ1n) is 11.1. The number of carbonyl (C=O) groups is 2. The number of urea groups is 1. The fraction of sp³-hybridized carbons (Fsp3) is 0.333. The molecule has 3 atom stereocenters. The second kappa shape index (κ2) is 10.1. The molecule has 0 radical (unpaired) electrons. The highest BCUT2D eigenvalue weighted by Gasteiger charge is 2.29. The fourth-order valence-corrected chi connectivity index (χ4v) is 3.94. The SMILES string of the molecule is O=C(C[C@@H]1C=C[C@H](NC(=O)Nc2ccc3c(c2)OCO3)[C@@H](CO)O1)NCc1ccc2c(c1)OCO2. The third-order valence-electron chi connectivity index (χ3n) is 5.70. The zero-order chi connectivity index (χ0) is 24.2. The summed E-state index contributed by atoms with van der Waals surface area (Å²) in [6.07, 6.45) is 2.28. The second-order valence-electron chi connectivity index (χ2n) is 8.14. The van der Waals surface area contributed by atoms with Gasteiger partial charge in [0.15, 0.2) is 23.0 Å². The van der Waals surface area contributed by atoms with Crippen LogP contribution in [0.3, 0.4) is 0 Å². The summed E-state index contributed by atoms with van der Waals surface area (Å²) >= 11 is 0. The number of amides is 3. The summed E-state index contributed by atoms with van der Waals surface area (Å²) in [7, 11) is 0. The number of ether oxygens (including phenoxy) is 5. The van der Waals surface area contributed by atoms with Crippen LogP contribution in [-0.2, 0) is 16.1 Å². The highest BCUT2D eigenvalue weighted by atomic mass is 16.7. The summed E-state index contributed by atoms with van der Waals surface area (Å²) in [6.45, 7) is 0.345. The van der Waals surface area contributed by atoms with Gasteiger partial charge in [-0.2, -0.15) is 0 Å². The Balaban J connectivity index is 1.10. The molecule has 5 rings (SSSR count). The van der Waals surface area contributed by atoms with Crippen molar-refractivity contribution in [3.8, 4) is 23.0 Å². The van der Waals surface area contributed by atoms with Gasteiger partial charge >= 0.3 is 6.03 Å². The van der Waals surface area contributed by atoms with Crippen LogP contribution in [0.4, 0.5) is 10.5 Å². The van der Waals surface area contributed by atoms with Crippen molar-refractivity contribution < 1.29 is 38.4 Å². The van der Waals surface area contributed by atoms with E-state index in [0.29, 0.717) is 35.2 Å². The molecule has 0 saturated carbocycles. The van der Waals surface area contributed by atoms with Crippen LogP contribution >= 0.6 is 0 Å². The predicted molar refractivity (Wildman–Crippen MR) is 122 cm³/mol. The summed E-state index contributed by atoms with van der Waals surface area (Å²) in [6, 6.07) is 9.52. The lowest BCUT2D eigenvalue weighted by molar-refractivity contribution is -0.125. The highest BCUT2D eigenvalue weighted by Crippen LogP contribution is 2.34. The van der Waals surface area contributed by atoms with Gasteiger partial charge in [0.1, 0.15) is 6.10 Å². The molecule has 3 heterocycles. The molecular formula is C24H25N3O8. The van der Waals surface area contributed by atoms with E-state index in [1.54, 1.807) is 36.4 Å². The standard InChI is InChI=1S/C24H25N3O8/c28-11-22-17(27-24(30)26-15-2-6-19-21(8-15)34-13-32-19)4-3-16(35-22)9-23(29)25-10-14-1-5-18-20(7-14)33-12-31-18/h1-8,16-17,22,28H,9-13H2,(H,25,29)(H2,26,27,30)/t16-,17-,22+/m0/s1. The van der Waals surface area contributed by atoms with Crippen molar-refractivity contribution in [2.45, 2.75) is 31.2 Å². The number of fused-ring (bicyclic) bond motifs is 2. The molecule has 0 unspecified atom stereocenters. The van der Waals surface area contributed by atoms with E-state index in [1.807, 2.05) is 12.1 Å². The van der Waals surface area contributed by atoms with Crippen LogP contribution in [0.25, 0.3) is 0 Å². The normalized spacial score (nSPS) is 21.5. The number of carbonyl (C=O) groups excluding carboxylic acids is 2. The van der Waals surface area contributed by atoms with Crippen molar-refractivity contribution in [3.63, 3.8) is 0 Å². The molecule has 0 aliphatic carbocycles. The quantitative estimate of drug-likeness (QED) is 0.437. The molecule has 0 spiro atoms. The molecule has 0 saturated heterocycles. The zero-order valence-electron chi connectivity index (χ0n) is 18.7. The Bertz CT molecular complexity index is 1140. The monoisotopic (exact) mass is 483 g/mol. The molecule has 0 bridgehead atoms. The molecule has 35 heavy (non-hydrogen) atoms. The molecule has 3 aliphatic rings. The van der Waals surface area contributed by atoms with Crippen molar-refractivity contribution in [2.75, 3.05) is 25.5 Å². The molecule has 2 aromatic carbocycles. The minimum atomic E-state index is -0.700. The van der Waals surface area contributed by atoms with Crippen LogP contribution in [0.1, 0.15) is 12.0 Å². The highest BCUT2D eigenvalue weighted by molar-refractivity contribution is 5.90. The second-order valence-corrected chi connectivity index (χ2v) is 8.14. The molecule has 2 aromatic rings. The summed E-state index contributed by atoms with van der Waals surface area (Å²) < 4.78 is 27.0. The van der Waals surface area contributed by atoms with Crippen molar-refractivity contribution in [1.29, 1.82) is 0 Å². The van der Waals surface area contributed by atoms with E-state index in [0.717, 1.165) is 5.56 Å². The maximum Gasteiger partial charge on any atom is 0.319 e. The topological polar surface area (TPSA) is 137 Å². The molecule has 0 fully saturated rings. The fourth-order valence-electron chi connectivity index (χ4n) is 3.94. The van der Waals surface area contributed by atoms with Gasteiger partial charge in [-0.25, -0.2) is 4.79 Å². The van der Waals surface area contributed by atoms with Crippen LogP contribution < -0.4 is 34.9 Å². The summed E-state index contributed by atoms with van der Waals surface area (Å²) in [5.74, 6) is 2.30. The van der Waals surface area contributed by atoms with Gasteiger partial charge in [-0.05, 0) is 29.8 Å². The van der Waals surface area contributed by atoms with Crippen LogP contribution in [-0.4, -0.2) is 55.5 Å². The smallest absolute Gasteiger partial charge is 0.319 e. The lowest BCUT2D eigenvalue weighted by Crippen LogP contribution is -2.50. The van der Waals surface area contributed by atoms with Gasteiger partial charge in [0.2, 0.25) is 19.5 Å². The minimum Gasteiger partial charge on any atom is -0.454 e. The van der Waals surface area contributed by atoms with E-state index >= 15 is 0 Å². The molecule has 0 aromatic heterocycles. The Hall–Kier alpha value is -3.96. The van der Waals surface area contributed by atoms with Crippen LogP contribution in [0, 0.1) is 0 Å². The van der Waals surface area contributed by atoms with Crippen molar-refractivity contribution in [1.82, 2.24) is 10.6 Å². The summed E-state index contributed by atoms with van der Waals surface area (Å²) in [5, 5.41) is 18.1. The van der Waals surface area contributed by atoms with Gasteiger partial charge in [-0.1, -0.05) is 18.2 Å². The van der Waals surface area contributed by atoms with Crippen LogP contribution in [0.2, 0.25) is 0 Å². The summed E-state index contributed by atoms with van der Waals surface area (Å²) in [5.41, 5.74) is 1.42. The first-order valence-corrected chi connectivity index (χ1v) is 11.1. The number of hydrogen-bond donors (Lipinski definition) is 4. The van der Waals surface area contributed by atoms with Gasteiger partial charge < -0.3 is 44.7 Å². The predicted octanol–water partition coefficient (Wildman–Crippen LogP) is 1.66. The Morgan fingerprint density at radius 2 is 1.63 bits per heavy atom. The van der Waals surface area contributed by atoms with Gasteiger partial charge in [0, 0.05) is 18.3 Å². The Morgan fingerprint density at radius 1 is 0.914 bits per heavy atom. The first-order chi connectivity index (χ1) is 17.1. The van der Waals surface area contributed by atoms with Crippen molar-refractivity contribution in [3.05, 3.63) is 54.1 Å². The van der Waals surface area contributed by atoms with E-state index in [-0.39, 0.29) is 32.5 Å². The molecule has 3 aliphatic heterocycles. The van der Waals surface area contributed by atoms with Crippen LogP contribution in [0.5, 0.6) is 23.0 Å². The largest absolute Gasteiger partial charge is 0.454 e. The van der Waals surface area contributed by atoms with Gasteiger partial charge in [-0.3, -0.25) is 4.79 Å². The Labute approximate surface area is 200 Å². The van der Waals surface area contributed by atoms with Crippen molar-refractivity contribution >= 4 is 17.6 Å². The molecular weight excluding hydrogens is 458 g/mol. The lowest BCUT2D eigenvalue weighted by Gasteiger charge is -2.31. The molecule has 184 valence electrons. The Kier molecular flexibility index (Phi) is 6.59. The number of nitrogens with one attached hydrogen (secondary N) is 3. The average Bonchev–Trinajstić information content (AvgIpc) is 3.52. The van der Waals surface area contributed by atoms with Crippen molar-refractivity contribution in [2.24, 2.45) is 0 Å². The molecule has 4 N–H and O–H groups in total. The van der Waals surface area contributed by atoms with E-state index in [9.17, 15) is 14.7 Å². The maximum absolute atomic E-state index is 12.4. The number of anilines is 1. The number of aliphatic hydroxyl groups is 1. The maximum atomic E-state index is 12.4. The summed E-state index contributed by atoms with van der Waals surface area (Å²) in [4.78, 5) is 24.9. The lowest BCUT2D eigenvalue weighted by atomic mass is 10.0. The average molecular weight is 483 g/mol. The van der Waals surface area contributed by atoms with Gasteiger partial charge in [-0.15, -0.1) is 0 Å². The van der Waals surface area contributed by atoms with Gasteiger partial charge in [0.05, 0.1) is 25.2 Å². The zero-order valence-corrected chi connectivity index (χ0v) is 18.7. The molecule has 3 amide bonds. The van der Waals surface area contributed by atoms with E-state index in [4.69, 9.17) is 23.7 Å². The van der Waals surface area contributed by atoms with E-state index in [2.05, 4.69) is 16.0 Å². The van der Waals surface area contributed by atoms with E-state index < -0.39 is 24.3 Å². The first kappa shape index (κ1) is 22.8. The van der Waals surface area contributed by atoms with Crippen LogP contribution in [0.15, 0.2) is 48.6 Å². The number of aliphatic hydroxyl groups excluding tert-OH is 1. The Morgan fingerprint density at radius 3 is 2.40 bits per heavy atom. The third-order valence-corrected chi connectivity index (χ3v) is 5.70. The molecule has 11 nitrogen and oxygen atoms in total. The van der Waals surface area contributed by atoms with E-state index in [1.165, 1.54) is 0 Å². The third kappa shape index (κ3) is 5.42. The number of benzene rings is 2. The number of rotatable bonds is 7.